The first-order valence-electron chi connectivity index (χ1n) is 6.30. The number of carbonyl (C=O) groups is 1. The van der Waals surface area contributed by atoms with Crippen molar-refractivity contribution in [1.82, 2.24) is 0 Å². The number of methoxy groups -OCH3 is 1. The standard InChI is InChI=1S/C14H22N2O2/c1-4-11-9-12(5-6-13(11)18-3)16-14(17)10(2)7-8-15/h5-6,9-10H,4,7-8,15H2,1-3H3,(H,16,17). The molecule has 4 heteroatoms. The molecule has 1 aromatic rings. The molecule has 1 rings (SSSR count). The van der Waals surface area contributed by atoms with Crippen LogP contribution in [-0.2, 0) is 11.2 Å². The molecule has 1 unspecified atom stereocenters. The van der Waals surface area contributed by atoms with E-state index in [9.17, 15) is 4.79 Å². The van der Waals surface area contributed by atoms with Gasteiger partial charge in [-0.05, 0) is 43.1 Å². The maximum absolute atomic E-state index is 11.9. The summed E-state index contributed by atoms with van der Waals surface area (Å²) in [5.41, 5.74) is 7.34. The van der Waals surface area contributed by atoms with Crippen LogP contribution in [0.5, 0.6) is 5.75 Å². The summed E-state index contributed by atoms with van der Waals surface area (Å²) < 4.78 is 5.25. The van der Waals surface area contributed by atoms with Gasteiger partial charge < -0.3 is 15.8 Å². The van der Waals surface area contributed by atoms with Gasteiger partial charge in [0.25, 0.3) is 0 Å². The first kappa shape index (κ1) is 14.5. The molecule has 1 aromatic carbocycles. The fourth-order valence-corrected chi connectivity index (χ4v) is 1.78. The van der Waals surface area contributed by atoms with Crippen LogP contribution in [0.2, 0.25) is 0 Å². The quantitative estimate of drug-likeness (QED) is 0.813. The summed E-state index contributed by atoms with van der Waals surface area (Å²) in [6, 6.07) is 5.68. The van der Waals surface area contributed by atoms with E-state index in [-0.39, 0.29) is 11.8 Å². The highest BCUT2D eigenvalue weighted by molar-refractivity contribution is 5.92. The molecule has 0 aliphatic carbocycles. The minimum absolute atomic E-state index is 0.00710. The number of hydrogen-bond donors (Lipinski definition) is 2. The molecule has 0 saturated carbocycles. The van der Waals surface area contributed by atoms with Crippen molar-refractivity contribution in [3.05, 3.63) is 23.8 Å². The molecule has 4 nitrogen and oxygen atoms in total. The fraction of sp³-hybridized carbons (Fsp3) is 0.500. The van der Waals surface area contributed by atoms with Crippen molar-refractivity contribution in [2.75, 3.05) is 19.0 Å². The zero-order chi connectivity index (χ0) is 13.5. The Morgan fingerprint density at radius 1 is 1.50 bits per heavy atom. The van der Waals surface area contributed by atoms with Gasteiger partial charge in [0.1, 0.15) is 5.75 Å². The van der Waals surface area contributed by atoms with Crippen LogP contribution in [0.15, 0.2) is 18.2 Å². The third kappa shape index (κ3) is 3.74. The SMILES string of the molecule is CCc1cc(NC(=O)C(C)CCN)ccc1OC. The van der Waals surface area contributed by atoms with Crippen molar-refractivity contribution < 1.29 is 9.53 Å². The van der Waals surface area contributed by atoms with Gasteiger partial charge in [-0.25, -0.2) is 0 Å². The number of rotatable bonds is 6. The smallest absolute Gasteiger partial charge is 0.227 e. The molecule has 0 bridgehead atoms. The third-order valence-electron chi connectivity index (χ3n) is 2.98. The number of ether oxygens (including phenoxy) is 1. The lowest BCUT2D eigenvalue weighted by molar-refractivity contribution is -0.119. The van der Waals surface area contributed by atoms with Gasteiger partial charge in [0, 0.05) is 11.6 Å². The molecule has 1 atom stereocenters. The number of nitrogens with two attached hydrogens (primary N) is 1. The van der Waals surface area contributed by atoms with Gasteiger partial charge in [-0.15, -0.1) is 0 Å². The number of benzene rings is 1. The highest BCUT2D eigenvalue weighted by Crippen LogP contribution is 2.23. The molecule has 0 heterocycles. The van der Waals surface area contributed by atoms with Gasteiger partial charge >= 0.3 is 0 Å². The van der Waals surface area contributed by atoms with Gasteiger partial charge in [0.05, 0.1) is 7.11 Å². The zero-order valence-electron chi connectivity index (χ0n) is 11.3. The monoisotopic (exact) mass is 250 g/mol. The van der Waals surface area contributed by atoms with Crippen LogP contribution in [0.1, 0.15) is 25.8 Å². The molecule has 0 spiro atoms. The van der Waals surface area contributed by atoms with Gasteiger partial charge in [-0.1, -0.05) is 13.8 Å². The Balaban J connectivity index is 2.76. The van der Waals surface area contributed by atoms with E-state index in [1.54, 1.807) is 7.11 Å². The van der Waals surface area contributed by atoms with Crippen LogP contribution in [0, 0.1) is 5.92 Å². The van der Waals surface area contributed by atoms with E-state index in [2.05, 4.69) is 12.2 Å². The summed E-state index contributed by atoms with van der Waals surface area (Å²) in [5.74, 6) is 0.792. The normalized spacial score (nSPS) is 12.0. The Labute approximate surface area is 109 Å². The molecule has 0 aliphatic rings. The van der Waals surface area contributed by atoms with Crippen molar-refractivity contribution in [1.29, 1.82) is 0 Å². The van der Waals surface area contributed by atoms with Crippen molar-refractivity contribution in [3.8, 4) is 5.75 Å². The first-order valence-corrected chi connectivity index (χ1v) is 6.30. The molecule has 100 valence electrons. The van der Waals surface area contributed by atoms with Crippen LogP contribution in [-0.4, -0.2) is 19.6 Å². The van der Waals surface area contributed by atoms with E-state index in [4.69, 9.17) is 10.5 Å². The Bertz CT molecular complexity index is 405. The third-order valence-corrected chi connectivity index (χ3v) is 2.98. The van der Waals surface area contributed by atoms with Crippen molar-refractivity contribution in [2.24, 2.45) is 11.7 Å². The Kier molecular flexibility index (Phi) is 5.65. The molecular weight excluding hydrogens is 228 g/mol. The van der Waals surface area contributed by atoms with E-state index in [1.807, 2.05) is 25.1 Å². The molecule has 0 radical (unpaired) electrons. The fourth-order valence-electron chi connectivity index (χ4n) is 1.78. The van der Waals surface area contributed by atoms with E-state index in [0.29, 0.717) is 13.0 Å². The summed E-state index contributed by atoms with van der Waals surface area (Å²) in [4.78, 5) is 11.9. The van der Waals surface area contributed by atoms with Crippen LogP contribution in [0.3, 0.4) is 0 Å². The minimum Gasteiger partial charge on any atom is -0.496 e. The molecule has 0 fully saturated rings. The highest BCUT2D eigenvalue weighted by atomic mass is 16.5. The van der Waals surface area contributed by atoms with Gasteiger partial charge in [0.2, 0.25) is 5.91 Å². The van der Waals surface area contributed by atoms with Crippen molar-refractivity contribution in [3.63, 3.8) is 0 Å². The molecule has 18 heavy (non-hydrogen) atoms. The number of hydrogen-bond acceptors (Lipinski definition) is 3. The van der Waals surface area contributed by atoms with Crippen LogP contribution in [0.25, 0.3) is 0 Å². The first-order chi connectivity index (χ1) is 8.62. The van der Waals surface area contributed by atoms with E-state index in [0.717, 1.165) is 23.4 Å². The van der Waals surface area contributed by atoms with Gasteiger partial charge in [-0.3, -0.25) is 4.79 Å². The van der Waals surface area contributed by atoms with Crippen molar-refractivity contribution in [2.45, 2.75) is 26.7 Å². The largest absolute Gasteiger partial charge is 0.496 e. The second-order valence-electron chi connectivity index (χ2n) is 4.35. The number of carbonyl (C=O) groups excluding carboxylic acids is 1. The minimum atomic E-state index is -0.0674. The molecule has 0 saturated heterocycles. The maximum Gasteiger partial charge on any atom is 0.227 e. The summed E-state index contributed by atoms with van der Waals surface area (Å²) >= 11 is 0. The number of anilines is 1. The average Bonchev–Trinajstić information content (AvgIpc) is 2.38. The summed E-state index contributed by atoms with van der Waals surface area (Å²) in [7, 11) is 1.65. The van der Waals surface area contributed by atoms with Crippen molar-refractivity contribution >= 4 is 11.6 Å². The lowest BCUT2D eigenvalue weighted by Gasteiger charge is -2.13. The van der Waals surface area contributed by atoms with Gasteiger partial charge in [0.15, 0.2) is 0 Å². The summed E-state index contributed by atoms with van der Waals surface area (Å²) in [6.45, 7) is 4.46. The molecule has 0 aromatic heterocycles. The molecular formula is C14H22N2O2. The number of amides is 1. The van der Waals surface area contributed by atoms with E-state index >= 15 is 0 Å². The predicted molar refractivity (Wildman–Crippen MR) is 73.8 cm³/mol. The maximum atomic E-state index is 11.9. The Hall–Kier alpha value is -1.55. The van der Waals surface area contributed by atoms with Crippen LogP contribution >= 0.6 is 0 Å². The average molecular weight is 250 g/mol. The predicted octanol–water partition coefficient (Wildman–Crippen LogP) is 2.18. The second kappa shape index (κ2) is 7.01. The lowest BCUT2D eigenvalue weighted by Crippen LogP contribution is -2.22. The van der Waals surface area contributed by atoms with E-state index in [1.165, 1.54) is 0 Å². The highest BCUT2D eigenvalue weighted by Gasteiger charge is 2.12. The Morgan fingerprint density at radius 3 is 2.78 bits per heavy atom. The number of nitrogens with one attached hydrogen (secondary N) is 1. The van der Waals surface area contributed by atoms with Crippen LogP contribution in [0.4, 0.5) is 5.69 Å². The molecule has 1 amide bonds. The lowest BCUT2D eigenvalue weighted by atomic mass is 10.1. The summed E-state index contributed by atoms with van der Waals surface area (Å²) in [6.07, 6.45) is 1.56. The van der Waals surface area contributed by atoms with E-state index < -0.39 is 0 Å². The second-order valence-corrected chi connectivity index (χ2v) is 4.35. The molecule has 0 aliphatic heterocycles. The van der Waals surface area contributed by atoms with Gasteiger partial charge in [-0.2, -0.15) is 0 Å². The topological polar surface area (TPSA) is 64.4 Å². The Morgan fingerprint density at radius 2 is 2.22 bits per heavy atom. The summed E-state index contributed by atoms with van der Waals surface area (Å²) in [5, 5.41) is 2.90. The zero-order valence-corrected chi connectivity index (χ0v) is 11.3. The number of aryl methyl sites for hydroxylation is 1. The van der Waals surface area contributed by atoms with Crippen LogP contribution < -0.4 is 15.8 Å². The molecule has 3 N–H and O–H groups in total.